The summed E-state index contributed by atoms with van der Waals surface area (Å²) in [6.07, 6.45) is 5.64. The molecule has 0 aliphatic rings. The Morgan fingerprint density at radius 2 is 1.95 bits per heavy atom. The van der Waals surface area contributed by atoms with Crippen LogP contribution in [0.5, 0.6) is 5.75 Å². The van der Waals surface area contributed by atoms with Gasteiger partial charge in [0.1, 0.15) is 5.75 Å². The van der Waals surface area contributed by atoms with Crippen LogP contribution in [0.25, 0.3) is 0 Å². The van der Waals surface area contributed by atoms with Gasteiger partial charge in [-0.2, -0.15) is 0 Å². The Labute approximate surface area is 127 Å². The van der Waals surface area contributed by atoms with Crippen LogP contribution >= 0.6 is 0 Å². The van der Waals surface area contributed by atoms with E-state index in [4.69, 9.17) is 9.15 Å². The number of rotatable bonds is 8. The normalized spacial score (nSPS) is 12.6. The first-order valence-electron chi connectivity index (χ1n) is 7.54. The molecule has 0 aliphatic carbocycles. The van der Waals surface area contributed by atoms with E-state index >= 15 is 0 Å². The molecular formula is C18H25NO2. The van der Waals surface area contributed by atoms with Crippen LogP contribution < -0.4 is 10.1 Å². The van der Waals surface area contributed by atoms with Gasteiger partial charge < -0.3 is 14.5 Å². The van der Waals surface area contributed by atoms with Crippen molar-refractivity contribution in [3.63, 3.8) is 0 Å². The van der Waals surface area contributed by atoms with Crippen LogP contribution in [0.4, 0.5) is 0 Å². The van der Waals surface area contributed by atoms with E-state index < -0.39 is 0 Å². The minimum Gasteiger partial charge on any atom is -0.497 e. The molecule has 21 heavy (non-hydrogen) atoms. The molecule has 0 aliphatic heterocycles. The van der Waals surface area contributed by atoms with E-state index in [-0.39, 0.29) is 0 Å². The fourth-order valence-electron chi connectivity index (χ4n) is 2.49. The first kappa shape index (κ1) is 15.6. The van der Waals surface area contributed by atoms with Crippen molar-refractivity contribution in [2.45, 2.75) is 32.7 Å². The number of benzene rings is 1. The number of methoxy groups -OCH3 is 1. The first-order chi connectivity index (χ1) is 10.2. The second-order valence-electron chi connectivity index (χ2n) is 5.82. The maximum absolute atomic E-state index is 5.31. The molecule has 114 valence electrons. The van der Waals surface area contributed by atoms with Gasteiger partial charge >= 0.3 is 0 Å². The summed E-state index contributed by atoms with van der Waals surface area (Å²) >= 11 is 0. The van der Waals surface area contributed by atoms with Gasteiger partial charge in [0.15, 0.2) is 0 Å². The van der Waals surface area contributed by atoms with E-state index in [2.05, 4.69) is 37.4 Å². The summed E-state index contributed by atoms with van der Waals surface area (Å²) < 4.78 is 10.5. The van der Waals surface area contributed by atoms with Crippen LogP contribution in [0, 0.1) is 5.92 Å². The summed E-state index contributed by atoms with van der Waals surface area (Å²) in [4.78, 5) is 0. The zero-order valence-electron chi connectivity index (χ0n) is 13.1. The molecule has 0 saturated carbocycles. The summed E-state index contributed by atoms with van der Waals surface area (Å²) in [5.41, 5.74) is 2.57. The Hall–Kier alpha value is -1.74. The fourth-order valence-corrected chi connectivity index (χ4v) is 2.49. The van der Waals surface area contributed by atoms with Gasteiger partial charge in [-0.05, 0) is 54.6 Å². The summed E-state index contributed by atoms with van der Waals surface area (Å²) in [6, 6.07) is 10.9. The summed E-state index contributed by atoms with van der Waals surface area (Å²) in [6.45, 7) is 5.36. The standard InChI is InChI=1S/C18H25NO2/c1-14(2)19-12-17(10-16-7-8-21-13-16)9-15-5-4-6-18(11-15)20-3/h4-8,11,13-14,17,19H,9-10,12H2,1-3H3. The molecule has 0 fully saturated rings. The molecule has 0 amide bonds. The molecule has 0 bridgehead atoms. The Bertz CT molecular complexity index is 520. The summed E-state index contributed by atoms with van der Waals surface area (Å²) in [5.74, 6) is 1.46. The number of hydrogen-bond donors (Lipinski definition) is 1. The molecule has 3 nitrogen and oxygen atoms in total. The lowest BCUT2D eigenvalue weighted by atomic mass is 9.93. The van der Waals surface area contributed by atoms with Crippen LogP contribution in [0.15, 0.2) is 47.3 Å². The van der Waals surface area contributed by atoms with Crippen molar-refractivity contribution in [1.29, 1.82) is 0 Å². The fraction of sp³-hybridized carbons (Fsp3) is 0.444. The molecule has 3 heteroatoms. The van der Waals surface area contributed by atoms with E-state index in [0.29, 0.717) is 12.0 Å². The average molecular weight is 287 g/mol. The van der Waals surface area contributed by atoms with E-state index in [9.17, 15) is 0 Å². The van der Waals surface area contributed by atoms with E-state index in [1.165, 1.54) is 11.1 Å². The minimum absolute atomic E-state index is 0.502. The van der Waals surface area contributed by atoms with Crippen LogP contribution in [0.1, 0.15) is 25.0 Å². The molecule has 0 spiro atoms. The smallest absolute Gasteiger partial charge is 0.119 e. The first-order valence-corrected chi connectivity index (χ1v) is 7.54. The lowest BCUT2D eigenvalue weighted by molar-refractivity contribution is 0.412. The third-order valence-corrected chi connectivity index (χ3v) is 3.58. The quantitative estimate of drug-likeness (QED) is 0.804. The molecular weight excluding hydrogens is 262 g/mol. The highest BCUT2D eigenvalue weighted by Gasteiger charge is 2.12. The second kappa shape index (κ2) is 7.89. The van der Waals surface area contributed by atoms with Crippen LogP contribution in [0.2, 0.25) is 0 Å². The molecule has 1 N–H and O–H groups in total. The Morgan fingerprint density at radius 3 is 2.62 bits per heavy atom. The number of ether oxygens (including phenoxy) is 1. The summed E-state index contributed by atoms with van der Waals surface area (Å²) in [5, 5.41) is 3.54. The van der Waals surface area contributed by atoms with Crippen LogP contribution in [0.3, 0.4) is 0 Å². The van der Waals surface area contributed by atoms with Gasteiger partial charge in [-0.1, -0.05) is 26.0 Å². The Balaban J connectivity index is 2.02. The average Bonchev–Trinajstić information content (AvgIpc) is 2.98. The van der Waals surface area contributed by atoms with E-state index in [1.54, 1.807) is 13.4 Å². The van der Waals surface area contributed by atoms with Crippen molar-refractivity contribution in [1.82, 2.24) is 5.32 Å². The van der Waals surface area contributed by atoms with Gasteiger partial charge in [0.05, 0.1) is 19.6 Å². The van der Waals surface area contributed by atoms with E-state index in [1.807, 2.05) is 18.4 Å². The van der Waals surface area contributed by atoms with Crippen molar-refractivity contribution in [3.05, 3.63) is 54.0 Å². The molecule has 1 unspecified atom stereocenters. The van der Waals surface area contributed by atoms with Crippen LogP contribution in [-0.4, -0.2) is 19.7 Å². The highest BCUT2D eigenvalue weighted by atomic mass is 16.5. The Morgan fingerprint density at radius 1 is 1.14 bits per heavy atom. The SMILES string of the molecule is COc1cccc(CC(CNC(C)C)Cc2ccoc2)c1. The summed E-state index contributed by atoms with van der Waals surface area (Å²) in [7, 11) is 1.71. The molecule has 0 radical (unpaired) electrons. The van der Waals surface area contributed by atoms with Gasteiger partial charge in [0.2, 0.25) is 0 Å². The molecule has 1 aromatic heterocycles. The monoisotopic (exact) mass is 287 g/mol. The molecule has 1 heterocycles. The van der Waals surface area contributed by atoms with Gasteiger partial charge in [-0.3, -0.25) is 0 Å². The third-order valence-electron chi connectivity index (χ3n) is 3.58. The second-order valence-corrected chi connectivity index (χ2v) is 5.82. The zero-order valence-corrected chi connectivity index (χ0v) is 13.1. The number of furan rings is 1. The van der Waals surface area contributed by atoms with Gasteiger partial charge in [0, 0.05) is 6.04 Å². The largest absolute Gasteiger partial charge is 0.497 e. The molecule has 2 rings (SSSR count). The van der Waals surface area contributed by atoms with Crippen LogP contribution in [-0.2, 0) is 12.8 Å². The molecule has 1 aromatic carbocycles. The molecule has 2 aromatic rings. The minimum atomic E-state index is 0.502. The number of hydrogen-bond acceptors (Lipinski definition) is 3. The maximum atomic E-state index is 5.31. The molecule has 1 atom stereocenters. The lowest BCUT2D eigenvalue weighted by Gasteiger charge is -2.19. The van der Waals surface area contributed by atoms with Gasteiger partial charge in [-0.15, -0.1) is 0 Å². The highest BCUT2D eigenvalue weighted by molar-refractivity contribution is 5.29. The predicted octanol–water partition coefficient (Wildman–Crippen LogP) is 3.69. The van der Waals surface area contributed by atoms with Crippen molar-refractivity contribution < 1.29 is 9.15 Å². The highest BCUT2D eigenvalue weighted by Crippen LogP contribution is 2.19. The topological polar surface area (TPSA) is 34.4 Å². The Kier molecular flexibility index (Phi) is 5.88. The van der Waals surface area contributed by atoms with Crippen molar-refractivity contribution in [3.8, 4) is 5.75 Å². The zero-order chi connectivity index (χ0) is 15.1. The predicted molar refractivity (Wildman–Crippen MR) is 85.7 cm³/mol. The maximum Gasteiger partial charge on any atom is 0.119 e. The molecule has 0 saturated heterocycles. The van der Waals surface area contributed by atoms with Gasteiger partial charge in [0.25, 0.3) is 0 Å². The van der Waals surface area contributed by atoms with Crippen molar-refractivity contribution >= 4 is 0 Å². The van der Waals surface area contributed by atoms with Crippen molar-refractivity contribution in [2.75, 3.05) is 13.7 Å². The van der Waals surface area contributed by atoms with E-state index in [0.717, 1.165) is 25.1 Å². The lowest BCUT2D eigenvalue weighted by Crippen LogP contribution is -2.31. The van der Waals surface area contributed by atoms with Crippen molar-refractivity contribution in [2.24, 2.45) is 5.92 Å². The number of nitrogens with one attached hydrogen (secondary N) is 1. The van der Waals surface area contributed by atoms with Gasteiger partial charge in [-0.25, -0.2) is 0 Å². The third kappa shape index (κ3) is 5.27.